The molecule has 0 saturated carbocycles. The van der Waals surface area contributed by atoms with Crippen LogP contribution in [0.3, 0.4) is 0 Å². The Hall–Kier alpha value is -2.55. The van der Waals surface area contributed by atoms with Gasteiger partial charge in [-0.05, 0) is 31.2 Å². The highest BCUT2D eigenvalue weighted by molar-refractivity contribution is 7.90. The van der Waals surface area contributed by atoms with E-state index in [1.54, 1.807) is 18.2 Å². The summed E-state index contributed by atoms with van der Waals surface area (Å²) in [7, 11) is -3.51. The molecule has 0 fully saturated rings. The van der Waals surface area contributed by atoms with Crippen molar-refractivity contribution in [1.29, 1.82) is 0 Å². The summed E-state index contributed by atoms with van der Waals surface area (Å²) in [5, 5.41) is 3.52. The van der Waals surface area contributed by atoms with Crippen molar-refractivity contribution in [2.24, 2.45) is 0 Å². The smallest absolute Gasteiger partial charge is 0.331 e. The van der Waals surface area contributed by atoms with E-state index >= 15 is 0 Å². The van der Waals surface area contributed by atoms with Crippen LogP contribution in [0, 0.1) is 6.92 Å². The average Bonchev–Trinajstić information content (AvgIpc) is 3.13. The van der Waals surface area contributed by atoms with Crippen LogP contribution in [0.4, 0.5) is 13.2 Å². The van der Waals surface area contributed by atoms with Gasteiger partial charge < -0.3 is 4.98 Å². The maximum absolute atomic E-state index is 13.1. The van der Waals surface area contributed by atoms with Crippen LogP contribution in [-0.4, -0.2) is 29.4 Å². The van der Waals surface area contributed by atoms with Crippen LogP contribution in [0.1, 0.15) is 11.3 Å². The van der Waals surface area contributed by atoms with Gasteiger partial charge in [0.1, 0.15) is 10.8 Å². The maximum Gasteiger partial charge on any atom is 0.435 e. The number of halogens is 3. The van der Waals surface area contributed by atoms with Gasteiger partial charge in [0, 0.05) is 11.8 Å². The van der Waals surface area contributed by atoms with Crippen molar-refractivity contribution in [3.8, 4) is 17.1 Å². The Bertz CT molecular complexity index is 1030. The first kappa shape index (κ1) is 17.3. The number of benzene rings is 1. The van der Waals surface area contributed by atoms with Crippen LogP contribution < -0.4 is 0 Å². The first-order valence-corrected chi connectivity index (χ1v) is 9.08. The normalized spacial score (nSPS) is 12.5. The molecule has 5 nitrogen and oxygen atoms in total. The molecule has 25 heavy (non-hydrogen) atoms. The van der Waals surface area contributed by atoms with E-state index in [4.69, 9.17) is 0 Å². The van der Waals surface area contributed by atoms with Crippen LogP contribution in [0.2, 0.25) is 0 Å². The molecule has 2 aromatic heterocycles. The Morgan fingerprint density at radius 2 is 1.84 bits per heavy atom. The van der Waals surface area contributed by atoms with Crippen LogP contribution in [0.5, 0.6) is 0 Å². The summed E-state index contributed by atoms with van der Waals surface area (Å²) in [6.07, 6.45) is -3.61. The van der Waals surface area contributed by atoms with E-state index in [9.17, 15) is 21.6 Å². The summed E-state index contributed by atoms with van der Waals surface area (Å²) >= 11 is 0. The SMILES string of the molecule is Cc1cccc(-c2cc(C(F)(F)F)nn2-c2ccc(S(C)(=O)=O)[nH]2)c1. The van der Waals surface area contributed by atoms with Crippen molar-refractivity contribution in [1.82, 2.24) is 14.8 Å². The molecule has 0 aliphatic rings. The molecule has 132 valence electrons. The highest BCUT2D eigenvalue weighted by Crippen LogP contribution is 2.33. The van der Waals surface area contributed by atoms with Crippen molar-refractivity contribution < 1.29 is 21.6 Å². The number of sulfone groups is 1. The molecule has 0 bridgehead atoms. The molecule has 0 aliphatic carbocycles. The summed E-state index contributed by atoms with van der Waals surface area (Å²) in [6.45, 7) is 1.82. The molecule has 0 spiro atoms. The van der Waals surface area contributed by atoms with Gasteiger partial charge in [-0.15, -0.1) is 0 Å². The average molecular weight is 369 g/mol. The minimum atomic E-state index is -4.61. The third-order valence-electron chi connectivity index (χ3n) is 3.59. The fraction of sp³-hybridized carbons (Fsp3) is 0.188. The number of aryl methyl sites for hydroxylation is 1. The third-order valence-corrected chi connectivity index (χ3v) is 4.62. The number of alkyl halides is 3. The van der Waals surface area contributed by atoms with E-state index in [-0.39, 0.29) is 16.5 Å². The lowest BCUT2D eigenvalue weighted by molar-refractivity contribution is -0.141. The van der Waals surface area contributed by atoms with Gasteiger partial charge in [0.25, 0.3) is 0 Å². The zero-order valence-electron chi connectivity index (χ0n) is 13.3. The highest BCUT2D eigenvalue weighted by atomic mass is 32.2. The van der Waals surface area contributed by atoms with Crippen molar-refractivity contribution in [3.05, 3.63) is 53.7 Å². The quantitative estimate of drug-likeness (QED) is 0.767. The van der Waals surface area contributed by atoms with E-state index in [1.165, 1.54) is 12.1 Å². The molecule has 3 rings (SSSR count). The van der Waals surface area contributed by atoms with Crippen LogP contribution in [-0.2, 0) is 16.0 Å². The lowest BCUT2D eigenvalue weighted by atomic mass is 10.1. The van der Waals surface area contributed by atoms with Crippen LogP contribution in [0.15, 0.2) is 47.5 Å². The molecule has 0 amide bonds. The fourth-order valence-corrected chi connectivity index (χ4v) is 3.02. The monoisotopic (exact) mass is 369 g/mol. The molecule has 0 radical (unpaired) electrons. The second-order valence-electron chi connectivity index (χ2n) is 5.67. The Morgan fingerprint density at radius 1 is 1.12 bits per heavy atom. The maximum atomic E-state index is 13.1. The van der Waals surface area contributed by atoms with Gasteiger partial charge in [0.2, 0.25) is 0 Å². The number of aromatic nitrogens is 3. The van der Waals surface area contributed by atoms with Gasteiger partial charge in [-0.1, -0.05) is 23.8 Å². The van der Waals surface area contributed by atoms with Gasteiger partial charge in [0.05, 0.1) is 5.69 Å². The molecule has 0 saturated heterocycles. The Balaban J connectivity index is 2.21. The summed E-state index contributed by atoms with van der Waals surface area (Å²) < 4.78 is 63.6. The summed E-state index contributed by atoms with van der Waals surface area (Å²) in [4.78, 5) is 2.60. The largest absolute Gasteiger partial charge is 0.435 e. The molecule has 0 aliphatic heterocycles. The fourth-order valence-electron chi connectivity index (χ4n) is 2.42. The Kier molecular flexibility index (Phi) is 3.98. The molecular weight excluding hydrogens is 355 g/mol. The van der Waals surface area contributed by atoms with Gasteiger partial charge >= 0.3 is 6.18 Å². The minimum absolute atomic E-state index is 0.0956. The number of hydrogen-bond acceptors (Lipinski definition) is 3. The minimum Gasteiger partial charge on any atom is -0.331 e. The van der Waals surface area contributed by atoms with E-state index < -0.39 is 21.7 Å². The number of H-pyrrole nitrogens is 1. The van der Waals surface area contributed by atoms with Crippen LogP contribution in [0.25, 0.3) is 17.1 Å². The molecule has 2 heterocycles. The zero-order chi connectivity index (χ0) is 18.4. The van der Waals surface area contributed by atoms with Crippen molar-refractivity contribution >= 4 is 9.84 Å². The number of aromatic amines is 1. The summed E-state index contributed by atoms with van der Waals surface area (Å²) in [6, 6.07) is 10.6. The first-order chi connectivity index (χ1) is 11.6. The second kappa shape index (κ2) is 5.76. The summed E-state index contributed by atoms with van der Waals surface area (Å²) in [5.74, 6) is 0.132. The third kappa shape index (κ3) is 3.46. The Labute approximate surface area is 142 Å². The molecule has 1 N–H and O–H groups in total. The number of rotatable bonds is 3. The topological polar surface area (TPSA) is 67.8 Å². The molecular formula is C16H14F3N3O2S. The summed E-state index contributed by atoms with van der Waals surface area (Å²) in [5.41, 5.74) is 0.568. The lowest BCUT2D eigenvalue weighted by Crippen LogP contribution is -2.08. The first-order valence-electron chi connectivity index (χ1n) is 7.19. The number of hydrogen-bond donors (Lipinski definition) is 1. The van der Waals surface area contributed by atoms with E-state index in [2.05, 4.69) is 10.1 Å². The Morgan fingerprint density at radius 3 is 2.40 bits per heavy atom. The van der Waals surface area contributed by atoms with E-state index in [0.717, 1.165) is 22.6 Å². The highest BCUT2D eigenvalue weighted by Gasteiger charge is 2.35. The standard InChI is InChI=1S/C16H14F3N3O2S/c1-10-4-3-5-11(8-10)12-9-13(16(17,18)19)21-22(12)14-6-7-15(20-14)25(2,23)24/h3-9,20H,1-2H3. The van der Waals surface area contributed by atoms with Crippen LogP contribution >= 0.6 is 0 Å². The molecule has 3 aromatic rings. The van der Waals surface area contributed by atoms with Crippen molar-refractivity contribution in [2.75, 3.05) is 6.26 Å². The predicted octanol–water partition coefficient (Wildman–Crippen LogP) is 3.60. The van der Waals surface area contributed by atoms with E-state index in [1.807, 2.05) is 13.0 Å². The van der Waals surface area contributed by atoms with Gasteiger partial charge in [-0.25, -0.2) is 13.1 Å². The molecule has 9 heteroatoms. The molecule has 0 atom stereocenters. The van der Waals surface area contributed by atoms with Gasteiger partial charge in [-0.2, -0.15) is 18.3 Å². The van der Waals surface area contributed by atoms with Crippen molar-refractivity contribution in [3.63, 3.8) is 0 Å². The number of nitrogens with one attached hydrogen (secondary N) is 1. The molecule has 1 aromatic carbocycles. The van der Waals surface area contributed by atoms with Gasteiger partial charge in [0.15, 0.2) is 15.5 Å². The zero-order valence-corrected chi connectivity index (χ0v) is 14.1. The van der Waals surface area contributed by atoms with E-state index in [0.29, 0.717) is 5.56 Å². The predicted molar refractivity (Wildman–Crippen MR) is 86.2 cm³/mol. The lowest BCUT2D eigenvalue weighted by Gasteiger charge is -2.06. The van der Waals surface area contributed by atoms with Gasteiger partial charge in [-0.3, -0.25) is 0 Å². The number of nitrogens with zero attached hydrogens (tertiary/aromatic N) is 2. The van der Waals surface area contributed by atoms with Crippen molar-refractivity contribution in [2.45, 2.75) is 18.1 Å². The molecule has 0 unspecified atom stereocenters. The second-order valence-corrected chi connectivity index (χ2v) is 7.66.